The summed E-state index contributed by atoms with van der Waals surface area (Å²) < 4.78 is 32.4. The molecule has 0 aromatic heterocycles. The Hall–Kier alpha value is -2.63. The average molecular weight is 278 g/mol. The van der Waals surface area contributed by atoms with E-state index in [4.69, 9.17) is 15.7 Å². The normalized spacial score (nSPS) is 11.4. The molecule has 2 aromatic rings. The predicted octanol–water partition coefficient (Wildman–Crippen LogP) is 3.16. The van der Waals surface area contributed by atoms with Crippen LogP contribution in [0.4, 0.5) is 8.78 Å². The number of hydrogen-bond acceptors (Lipinski definition) is 3. The summed E-state index contributed by atoms with van der Waals surface area (Å²) in [4.78, 5) is 0. The maximum absolute atomic E-state index is 13.8. The number of benzene rings is 2. The highest BCUT2D eigenvalue weighted by Gasteiger charge is 2.09. The van der Waals surface area contributed by atoms with Gasteiger partial charge in [0.15, 0.2) is 17.4 Å². The van der Waals surface area contributed by atoms with Gasteiger partial charge in [0, 0.05) is 11.6 Å². The van der Waals surface area contributed by atoms with Gasteiger partial charge in [-0.2, -0.15) is 0 Å². The van der Waals surface area contributed by atoms with Gasteiger partial charge in [0.1, 0.15) is 11.6 Å². The molecule has 0 aliphatic heterocycles. The zero-order valence-corrected chi connectivity index (χ0v) is 10.6. The Balaban J connectivity index is 2.28. The third-order valence-electron chi connectivity index (χ3n) is 2.71. The van der Waals surface area contributed by atoms with Crippen LogP contribution in [-0.2, 0) is 0 Å². The van der Waals surface area contributed by atoms with E-state index in [1.807, 2.05) is 0 Å². The van der Waals surface area contributed by atoms with E-state index in [2.05, 4.69) is 5.16 Å². The number of oxime groups is 1. The lowest BCUT2D eigenvalue weighted by Gasteiger charge is -2.08. The third-order valence-corrected chi connectivity index (χ3v) is 2.71. The molecule has 0 atom stereocenters. The molecule has 104 valence electrons. The summed E-state index contributed by atoms with van der Waals surface area (Å²) in [6, 6.07) is 8.06. The van der Waals surface area contributed by atoms with Crippen LogP contribution < -0.4 is 10.5 Å². The fourth-order valence-electron chi connectivity index (χ4n) is 1.56. The number of rotatable bonds is 3. The van der Waals surface area contributed by atoms with Crippen LogP contribution in [0.3, 0.4) is 0 Å². The van der Waals surface area contributed by atoms with Gasteiger partial charge in [-0.25, -0.2) is 8.78 Å². The molecular formula is C14H12F2N2O2. The number of aryl methyl sites for hydroxylation is 1. The van der Waals surface area contributed by atoms with Crippen molar-refractivity contribution in [3.63, 3.8) is 0 Å². The van der Waals surface area contributed by atoms with E-state index in [1.165, 1.54) is 30.3 Å². The highest BCUT2D eigenvalue weighted by molar-refractivity contribution is 5.97. The van der Waals surface area contributed by atoms with Crippen molar-refractivity contribution >= 4 is 5.84 Å². The summed E-state index contributed by atoms with van der Waals surface area (Å²) in [5.41, 5.74) is 6.03. The highest BCUT2D eigenvalue weighted by atomic mass is 19.1. The molecule has 20 heavy (non-hydrogen) atoms. The van der Waals surface area contributed by atoms with Gasteiger partial charge in [0.25, 0.3) is 0 Å². The van der Waals surface area contributed by atoms with Gasteiger partial charge in [-0.3, -0.25) is 0 Å². The van der Waals surface area contributed by atoms with Crippen molar-refractivity contribution in [1.29, 1.82) is 0 Å². The first-order valence-electron chi connectivity index (χ1n) is 5.72. The Morgan fingerprint density at radius 3 is 2.50 bits per heavy atom. The Morgan fingerprint density at radius 1 is 1.15 bits per heavy atom. The fraction of sp³-hybridized carbons (Fsp3) is 0.0714. The average Bonchev–Trinajstić information content (AvgIpc) is 2.44. The van der Waals surface area contributed by atoms with Crippen molar-refractivity contribution in [2.24, 2.45) is 10.9 Å². The second-order valence-electron chi connectivity index (χ2n) is 4.14. The van der Waals surface area contributed by atoms with Gasteiger partial charge in [-0.05, 0) is 36.8 Å². The number of nitrogens with zero attached hydrogens (tertiary/aromatic N) is 1. The molecule has 2 aromatic carbocycles. The summed E-state index contributed by atoms with van der Waals surface area (Å²) in [6.45, 7) is 1.62. The summed E-state index contributed by atoms with van der Waals surface area (Å²) in [6.07, 6.45) is 0. The largest absolute Gasteiger partial charge is 0.454 e. The molecule has 0 radical (unpaired) electrons. The minimum atomic E-state index is -0.699. The van der Waals surface area contributed by atoms with Gasteiger partial charge < -0.3 is 15.7 Å². The van der Waals surface area contributed by atoms with Crippen LogP contribution in [0.2, 0.25) is 0 Å². The van der Waals surface area contributed by atoms with Crippen LogP contribution in [0.25, 0.3) is 0 Å². The van der Waals surface area contributed by atoms with Crippen LogP contribution in [0.5, 0.6) is 11.5 Å². The number of nitrogens with two attached hydrogens (primary N) is 1. The Bertz CT molecular complexity index is 672. The zero-order valence-electron chi connectivity index (χ0n) is 10.6. The van der Waals surface area contributed by atoms with Crippen molar-refractivity contribution in [3.8, 4) is 11.5 Å². The number of hydrogen-bond donors (Lipinski definition) is 2. The van der Waals surface area contributed by atoms with Gasteiger partial charge in [0.2, 0.25) is 0 Å². The molecule has 0 spiro atoms. The molecule has 0 bridgehead atoms. The number of amidine groups is 1. The maximum atomic E-state index is 13.8. The van der Waals surface area contributed by atoms with E-state index < -0.39 is 11.6 Å². The van der Waals surface area contributed by atoms with Gasteiger partial charge in [-0.1, -0.05) is 11.2 Å². The topological polar surface area (TPSA) is 67.8 Å². The molecule has 2 rings (SSSR count). The molecule has 0 saturated carbocycles. The molecule has 0 amide bonds. The molecule has 0 aliphatic carbocycles. The molecular weight excluding hydrogens is 266 g/mol. The third kappa shape index (κ3) is 2.85. The Morgan fingerprint density at radius 2 is 1.90 bits per heavy atom. The molecule has 6 heteroatoms. The van der Waals surface area contributed by atoms with Crippen LogP contribution in [0.15, 0.2) is 41.6 Å². The standard InChI is InChI=1S/C14H12F2N2O2/c1-8-2-4-10(7-11(8)15)20-13-5-3-9(6-12(13)16)14(17)18-19/h2-7,19H,1H3,(H2,17,18). The van der Waals surface area contributed by atoms with Crippen LogP contribution in [0.1, 0.15) is 11.1 Å². The van der Waals surface area contributed by atoms with Crippen molar-refractivity contribution in [3.05, 3.63) is 59.2 Å². The first kappa shape index (κ1) is 13.8. The predicted molar refractivity (Wildman–Crippen MR) is 70.1 cm³/mol. The molecule has 0 aliphatic rings. The van der Waals surface area contributed by atoms with E-state index in [1.54, 1.807) is 6.92 Å². The summed E-state index contributed by atoms with van der Waals surface area (Å²) in [5.74, 6) is -1.24. The van der Waals surface area contributed by atoms with E-state index in [0.29, 0.717) is 5.56 Å². The molecule has 4 nitrogen and oxygen atoms in total. The smallest absolute Gasteiger partial charge is 0.170 e. The van der Waals surface area contributed by atoms with Crippen molar-refractivity contribution in [2.45, 2.75) is 6.92 Å². The van der Waals surface area contributed by atoms with Crippen LogP contribution >= 0.6 is 0 Å². The zero-order chi connectivity index (χ0) is 14.7. The monoisotopic (exact) mass is 278 g/mol. The minimum absolute atomic E-state index is 0.0808. The quantitative estimate of drug-likeness (QED) is 0.392. The summed E-state index contributed by atoms with van der Waals surface area (Å²) in [7, 11) is 0. The van der Waals surface area contributed by atoms with Gasteiger partial charge in [0.05, 0.1) is 0 Å². The molecule has 0 unspecified atom stereocenters. The van der Waals surface area contributed by atoms with E-state index in [-0.39, 0.29) is 22.9 Å². The minimum Gasteiger partial charge on any atom is -0.454 e. The molecule has 0 saturated heterocycles. The van der Waals surface area contributed by atoms with Crippen molar-refractivity contribution in [2.75, 3.05) is 0 Å². The lowest BCUT2D eigenvalue weighted by atomic mass is 10.2. The van der Waals surface area contributed by atoms with E-state index in [9.17, 15) is 8.78 Å². The first-order chi connectivity index (χ1) is 9.51. The SMILES string of the molecule is Cc1ccc(Oc2ccc(/C(N)=N/O)cc2F)cc1F. The van der Waals surface area contributed by atoms with Crippen LogP contribution in [-0.4, -0.2) is 11.0 Å². The van der Waals surface area contributed by atoms with Crippen molar-refractivity contribution in [1.82, 2.24) is 0 Å². The first-order valence-corrected chi connectivity index (χ1v) is 5.72. The molecule has 3 N–H and O–H groups in total. The lowest BCUT2D eigenvalue weighted by molar-refractivity contribution is 0.318. The highest BCUT2D eigenvalue weighted by Crippen LogP contribution is 2.26. The van der Waals surface area contributed by atoms with Crippen LogP contribution in [0, 0.1) is 18.6 Å². The van der Waals surface area contributed by atoms with E-state index in [0.717, 1.165) is 6.07 Å². The second kappa shape index (κ2) is 5.56. The maximum Gasteiger partial charge on any atom is 0.170 e. The lowest BCUT2D eigenvalue weighted by Crippen LogP contribution is -2.13. The Labute approximate surface area is 114 Å². The molecule has 0 fully saturated rings. The Kier molecular flexibility index (Phi) is 3.84. The van der Waals surface area contributed by atoms with E-state index >= 15 is 0 Å². The fourth-order valence-corrected chi connectivity index (χ4v) is 1.56. The molecule has 0 heterocycles. The van der Waals surface area contributed by atoms with Crippen molar-refractivity contribution < 1.29 is 18.7 Å². The summed E-state index contributed by atoms with van der Waals surface area (Å²) >= 11 is 0. The van der Waals surface area contributed by atoms with Gasteiger partial charge >= 0.3 is 0 Å². The number of ether oxygens (including phenoxy) is 1. The number of halogens is 2. The summed E-state index contributed by atoms with van der Waals surface area (Å²) in [5, 5.41) is 11.3. The van der Waals surface area contributed by atoms with Gasteiger partial charge in [-0.15, -0.1) is 0 Å². The second-order valence-corrected chi connectivity index (χ2v) is 4.14.